The lowest BCUT2D eigenvalue weighted by atomic mass is 10.1. The van der Waals surface area contributed by atoms with E-state index in [1.165, 1.54) is 34.8 Å². The summed E-state index contributed by atoms with van der Waals surface area (Å²) < 4.78 is 0. The van der Waals surface area contributed by atoms with E-state index in [1.54, 1.807) is 0 Å². The Morgan fingerprint density at radius 2 is 2.17 bits per heavy atom. The third-order valence-electron chi connectivity index (χ3n) is 3.79. The predicted octanol–water partition coefficient (Wildman–Crippen LogP) is 4.10. The lowest BCUT2D eigenvalue weighted by molar-refractivity contribution is 0.554. The molecule has 0 amide bonds. The van der Waals surface area contributed by atoms with Gasteiger partial charge >= 0.3 is 0 Å². The second kappa shape index (κ2) is 6.16. The molecule has 18 heavy (non-hydrogen) atoms. The lowest BCUT2D eigenvalue weighted by Crippen LogP contribution is -2.18. The molecule has 0 bridgehead atoms. The molecular weight excluding hydrogens is 240 g/mol. The first-order chi connectivity index (χ1) is 8.56. The van der Waals surface area contributed by atoms with Crippen molar-refractivity contribution in [1.82, 2.24) is 10.3 Å². The third-order valence-corrected chi connectivity index (χ3v) is 5.11. The van der Waals surface area contributed by atoms with E-state index >= 15 is 0 Å². The maximum atomic E-state index is 4.80. The van der Waals surface area contributed by atoms with Gasteiger partial charge in [-0.15, -0.1) is 11.3 Å². The van der Waals surface area contributed by atoms with Crippen molar-refractivity contribution in [1.29, 1.82) is 0 Å². The fourth-order valence-corrected chi connectivity index (χ4v) is 3.88. The van der Waals surface area contributed by atoms with E-state index < -0.39 is 0 Å². The van der Waals surface area contributed by atoms with E-state index in [-0.39, 0.29) is 0 Å². The van der Waals surface area contributed by atoms with Gasteiger partial charge in [0, 0.05) is 17.3 Å². The molecule has 1 N–H and O–H groups in total. The Hall–Kier alpha value is -0.410. The number of nitrogens with zero attached hydrogens (tertiary/aromatic N) is 1. The van der Waals surface area contributed by atoms with Gasteiger partial charge in [0.25, 0.3) is 0 Å². The predicted molar refractivity (Wildman–Crippen MR) is 79.2 cm³/mol. The van der Waals surface area contributed by atoms with Crippen LogP contribution in [0.4, 0.5) is 0 Å². The van der Waals surface area contributed by atoms with E-state index in [0.717, 1.165) is 24.9 Å². The molecule has 1 aliphatic carbocycles. The summed E-state index contributed by atoms with van der Waals surface area (Å²) in [6.07, 6.45) is 4.06. The van der Waals surface area contributed by atoms with Crippen molar-refractivity contribution in [3.63, 3.8) is 0 Å². The van der Waals surface area contributed by atoms with Crippen LogP contribution in [0, 0.1) is 18.8 Å². The summed E-state index contributed by atoms with van der Waals surface area (Å²) in [7, 11) is 0. The number of rotatable bonds is 5. The summed E-state index contributed by atoms with van der Waals surface area (Å²) in [6, 6.07) is 0. The highest BCUT2D eigenvalue weighted by Crippen LogP contribution is 2.40. The lowest BCUT2D eigenvalue weighted by Gasteiger charge is -2.06. The van der Waals surface area contributed by atoms with Crippen molar-refractivity contribution < 1.29 is 0 Å². The number of nitrogens with one attached hydrogen (secondary N) is 1. The molecule has 1 aromatic heterocycles. The van der Waals surface area contributed by atoms with Crippen LogP contribution in [0.5, 0.6) is 0 Å². The van der Waals surface area contributed by atoms with E-state index in [2.05, 4.69) is 33.0 Å². The van der Waals surface area contributed by atoms with Gasteiger partial charge in [-0.1, -0.05) is 27.2 Å². The van der Waals surface area contributed by atoms with Crippen LogP contribution >= 0.6 is 11.3 Å². The molecule has 2 rings (SSSR count). The Balaban J connectivity index is 1.94. The second-order valence-electron chi connectivity index (χ2n) is 6.20. The molecule has 102 valence electrons. The van der Waals surface area contributed by atoms with Crippen molar-refractivity contribution in [2.75, 3.05) is 6.54 Å². The molecule has 2 nitrogen and oxygen atoms in total. The molecule has 0 spiro atoms. The highest BCUT2D eigenvalue weighted by Gasteiger charge is 2.25. The van der Waals surface area contributed by atoms with Crippen molar-refractivity contribution in [3.8, 4) is 0 Å². The first kappa shape index (κ1) is 14.0. The Bertz CT molecular complexity index is 384. The fraction of sp³-hybridized carbons (Fsp3) is 0.800. The summed E-state index contributed by atoms with van der Waals surface area (Å²) in [5, 5.41) is 4.91. The largest absolute Gasteiger partial charge is 0.312 e. The molecule has 1 saturated carbocycles. The van der Waals surface area contributed by atoms with Gasteiger partial charge in [-0.05, 0) is 38.1 Å². The smallest absolute Gasteiger partial charge is 0.0962 e. The average Bonchev–Trinajstić information content (AvgIpc) is 2.86. The summed E-state index contributed by atoms with van der Waals surface area (Å²) in [5.41, 5.74) is 1.24. The number of aromatic nitrogens is 1. The Kier molecular flexibility index (Phi) is 4.79. The van der Waals surface area contributed by atoms with Gasteiger partial charge in [-0.25, -0.2) is 4.98 Å². The first-order valence-electron chi connectivity index (χ1n) is 7.23. The SMILES string of the molecule is Cc1nc(C2CCC(C)C2)sc1CNCC(C)C. The quantitative estimate of drug-likeness (QED) is 0.868. The topological polar surface area (TPSA) is 24.9 Å². The third kappa shape index (κ3) is 3.55. The van der Waals surface area contributed by atoms with Crippen molar-refractivity contribution in [2.24, 2.45) is 11.8 Å². The normalized spacial score (nSPS) is 24.1. The molecule has 1 fully saturated rings. The van der Waals surface area contributed by atoms with E-state index in [1.807, 2.05) is 11.3 Å². The minimum atomic E-state index is 0.716. The second-order valence-corrected chi connectivity index (χ2v) is 7.32. The van der Waals surface area contributed by atoms with Crippen LogP contribution in [0.25, 0.3) is 0 Å². The van der Waals surface area contributed by atoms with Gasteiger partial charge in [0.2, 0.25) is 0 Å². The summed E-state index contributed by atoms with van der Waals surface area (Å²) >= 11 is 1.94. The standard InChI is InChI=1S/C15H26N2S/c1-10(2)8-16-9-14-12(4)17-15(18-14)13-6-5-11(3)7-13/h10-11,13,16H,5-9H2,1-4H3. The molecule has 2 unspecified atom stereocenters. The van der Waals surface area contributed by atoms with Gasteiger partial charge in [0.1, 0.15) is 0 Å². The van der Waals surface area contributed by atoms with E-state index in [0.29, 0.717) is 5.92 Å². The Morgan fingerprint density at radius 1 is 1.39 bits per heavy atom. The maximum absolute atomic E-state index is 4.80. The first-order valence-corrected chi connectivity index (χ1v) is 8.04. The maximum Gasteiger partial charge on any atom is 0.0962 e. The van der Waals surface area contributed by atoms with E-state index in [4.69, 9.17) is 4.98 Å². The molecular formula is C15H26N2S. The van der Waals surface area contributed by atoms with Crippen molar-refractivity contribution in [3.05, 3.63) is 15.6 Å². The highest BCUT2D eigenvalue weighted by atomic mass is 32.1. The van der Waals surface area contributed by atoms with Crippen LogP contribution in [-0.4, -0.2) is 11.5 Å². The summed E-state index contributed by atoms with van der Waals surface area (Å²) in [6.45, 7) is 11.1. The number of thiazole rings is 1. The molecule has 0 radical (unpaired) electrons. The van der Waals surface area contributed by atoms with E-state index in [9.17, 15) is 0 Å². The van der Waals surface area contributed by atoms with Crippen LogP contribution in [0.15, 0.2) is 0 Å². The molecule has 0 saturated heterocycles. The van der Waals surface area contributed by atoms with Crippen LogP contribution in [0.3, 0.4) is 0 Å². The highest BCUT2D eigenvalue weighted by molar-refractivity contribution is 7.11. The molecule has 1 heterocycles. The molecule has 3 heteroatoms. The fourth-order valence-electron chi connectivity index (χ4n) is 2.69. The monoisotopic (exact) mass is 266 g/mol. The molecule has 0 aromatic carbocycles. The van der Waals surface area contributed by atoms with Crippen LogP contribution in [0.1, 0.15) is 61.5 Å². The van der Waals surface area contributed by atoms with Gasteiger partial charge in [0.05, 0.1) is 10.7 Å². The zero-order valence-corrected chi connectivity index (χ0v) is 12.9. The zero-order valence-electron chi connectivity index (χ0n) is 12.1. The number of hydrogen-bond acceptors (Lipinski definition) is 3. The van der Waals surface area contributed by atoms with Gasteiger partial charge in [-0.3, -0.25) is 0 Å². The molecule has 0 aliphatic heterocycles. The van der Waals surface area contributed by atoms with Crippen LogP contribution in [-0.2, 0) is 6.54 Å². The zero-order chi connectivity index (χ0) is 13.1. The molecule has 1 aliphatic rings. The van der Waals surface area contributed by atoms with Gasteiger partial charge in [-0.2, -0.15) is 0 Å². The summed E-state index contributed by atoms with van der Waals surface area (Å²) in [5.74, 6) is 2.35. The Morgan fingerprint density at radius 3 is 2.78 bits per heavy atom. The summed E-state index contributed by atoms with van der Waals surface area (Å²) in [4.78, 5) is 6.24. The van der Waals surface area contributed by atoms with Crippen molar-refractivity contribution in [2.45, 2.75) is 59.4 Å². The van der Waals surface area contributed by atoms with Crippen molar-refractivity contribution >= 4 is 11.3 Å². The molecule has 1 aromatic rings. The minimum Gasteiger partial charge on any atom is -0.312 e. The Labute approximate surface area is 115 Å². The number of hydrogen-bond donors (Lipinski definition) is 1. The van der Waals surface area contributed by atoms with Gasteiger partial charge < -0.3 is 5.32 Å². The van der Waals surface area contributed by atoms with Crippen LogP contribution in [0.2, 0.25) is 0 Å². The van der Waals surface area contributed by atoms with Gasteiger partial charge in [0.15, 0.2) is 0 Å². The minimum absolute atomic E-state index is 0.716. The number of aryl methyl sites for hydroxylation is 1. The molecule has 2 atom stereocenters. The average molecular weight is 266 g/mol. The van der Waals surface area contributed by atoms with Crippen LogP contribution < -0.4 is 5.32 Å².